The normalized spacial score (nSPS) is 27.1. The van der Waals surface area contributed by atoms with E-state index in [2.05, 4.69) is 0 Å². The fourth-order valence-electron chi connectivity index (χ4n) is 2.04. The standard InChI is InChI=1S/C15H24O8/c1-5-10(16)21-9-8-20-15(19-4)14(23-12(18)7-3)13(9)22-11(17)6-2/h9,13-15H,5-8H2,1-4H3/t9-,13+,14-,15-/m1/s1. The molecule has 0 unspecified atom stereocenters. The van der Waals surface area contributed by atoms with Crippen molar-refractivity contribution in [3.8, 4) is 0 Å². The summed E-state index contributed by atoms with van der Waals surface area (Å²) < 4.78 is 26.4. The molecule has 4 atom stereocenters. The highest BCUT2D eigenvalue weighted by molar-refractivity contribution is 5.71. The first kappa shape index (κ1) is 19.4. The molecule has 8 heteroatoms. The fraction of sp³-hybridized carbons (Fsp3) is 0.800. The van der Waals surface area contributed by atoms with Gasteiger partial charge in [-0.05, 0) is 0 Å². The number of carbonyl (C=O) groups is 3. The van der Waals surface area contributed by atoms with Gasteiger partial charge in [0, 0.05) is 26.4 Å². The molecule has 8 nitrogen and oxygen atoms in total. The lowest BCUT2D eigenvalue weighted by atomic mass is 10.0. The largest absolute Gasteiger partial charge is 0.456 e. The van der Waals surface area contributed by atoms with Gasteiger partial charge >= 0.3 is 17.9 Å². The highest BCUT2D eigenvalue weighted by atomic mass is 16.7. The minimum atomic E-state index is -1.01. The van der Waals surface area contributed by atoms with Gasteiger partial charge < -0.3 is 23.7 Å². The maximum absolute atomic E-state index is 11.7. The second-order valence-corrected chi connectivity index (χ2v) is 4.94. The van der Waals surface area contributed by atoms with Crippen LogP contribution in [0, 0.1) is 0 Å². The van der Waals surface area contributed by atoms with E-state index in [-0.39, 0.29) is 25.9 Å². The molecule has 0 aliphatic carbocycles. The molecule has 1 aliphatic heterocycles. The first-order valence-corrected chi connectivity index (χ1v) is 7.69. The smallest absolute Gasteiger partial charge is 0.306 e. The SMILES string of the molecule is CCC(=O)O[C@@H]1[C@@H](OC(=O)CC)[C@H](OC)OC[C@H]1OC(=O)CC. The Balaban J connectivity index is 2.99. The van der Waals surface area contributed by atoms with Crippen LogP contribution in [0.15, 0.2) is 0 Å². The summed E-state index contributed by atoms with van der Waals surface area (Å²) >= 11 is 0. The van der Waals surface area contributed by atoms with E-state index in [1.807, 2.05) is 0 Å². The van der Waals surface area contributed by atoms with E-state index in [1.54, 1.807) is 20.8 Å². The summed E-state index contributed by atoms with van der Waals surface area (Å²) in [5.74, 6) is -1.46. The lowest BCUT2D eigenvalue weighted by molar-refractivity contribution is -0.275. The maximum Gasteiger partial charge on any atom is 0.306 e. The molecule has 1 aliphatic rings. The molecule has 0 saturated carbocycles. The van der Waals surface area contributed by atoms with E-state index in [0.29, 0.717) is 0 Å². The van der Waals surface area contributed by atoms with Crippen molar-refractivity contribution in [2.75, 3.05) is 13.7 Å². The van der Waals surface area contributed by atoms with Gasteiger partial charge in [-0.2, -0.15) is 0 Å². The van der Waals surface area contributed by atoms with Crippen LogP contribution in [0.1, 0.15) is 40.0 Å². The molecule has 1 fully saturated rings. The van der Waals surface area contributed by atoms with Crippen molar-refractivity contribution >= 4 is 17.9 Å². The molecule has 0 amide bonds. The van der Waals surface area contributed by atoms with Gasteiger partial charge in [0.25, 0.3) is 0 Å². The van der Waals surface area contributed by atoms with Gasteiger partial charge in [-0.1, -0.05) is 20.8 Å². The van der Waals surface area contributed by atoms with Gasteiger partial charge in [0.15, 0.2) is 24.6 Å². The molecule has 1 rings (SSSR count). The van der Waals surface area contributed by atoms with E-state index in [0.717, 1.165) is 0 Å². The van der Waals surface area contributed by atoms with Crippen LogP contribution < -0.4 is 0 Å². The van der Waals surface area contributed by atoms with Crippen LogP contribution in [-0.2, 0) is 38.1 Å². The molecule has 23 heavy (non-hydrogen) atoms. The van der Waals surface area contributed by atoms with Gasteiger partial charge in [0.1, 0.15) is 0 Å². The first-order valence-electron chi connectivity index (χ1n) is 7.69. The molecular weight excluding hydrogens is 308 g/mol. The summed E-state index contributed by atoms with van der Waals surface area (Å²) in [5, 5.41) is 0. The Labute approximate surface area is 135 Å². The van der Waals surface area contributed by atoms with Gasteiger partial charge in [-0.15, -0.1) is 0 Å². The first-order chi connectivity index (χ1) is 11.0. The highest BCUT2D eigenvalue weighted by Crippen LogP contribution is 2.25. The zero-order valence-electron chi connectivity index (χ0n) is 13.9. The van der Waals surface area contributed by atoms with Crippen LogP contribution in [-0.4, -0.2) is 56.2 Å². The Morgan fingerprint density at radius 1 is 0.870 bits per heavy atom. The minimum absolute atomic E-state index is 0.0217. The van der Waals surface area contributed by atoms with Crippen molar-refractivity contribution in [2.24, 2.45) is 0 Å². The molecule has 0 N–H and O–H groups in total. The van der Waals surface area contributed by atoms with Gasteiger partial charge in [0.2, 0.25) is 0 Å². The number of hydrogen-bond acceptors (Lipinski definition) is 8. The van der Waals surface area contributed by atoms with Crippen molar-refractivity contribution < 1.29 is 38.1 Å². The second kappa shape index (κ2) is 9.46. The lowest BCUT2D eigenvalue weighted by Crippen LogP contribution is -2.58. The van der Waals surface area contributed by atoms with Crippen molar-refractivity contribution in [2.45, 2.75) is 64.6 Å². The zero-order chi connectivity index (χ0) is 17.4. The number of esters is 3. The van der Waals surface area contributed by atoms with E-state index >= 15 is 0 Å². The van der Waals surface area contributed by atoms with Crippen LogP contribution >= 0.6 is 0 Å². The van der Waals surface area contributed by atoms with Crippen LogP contribution in [0.3, 0.4) is 0 Å². The molecule has 0 aromatic rings. The molecule has 1 saturated heterocycles. The molecule has 132 valence electrons. The molecule has 1 heterocycles. The van der Waals surface area contributed by atoms with E-state index in [4.69, 9.17) is 23.7 Å². The molecule has 0 bridgehead atoms. The molecule has 0 aromatic heterocycles. The third-order valence-corrected chi connectivity index (χ3v) is 3.30. The Kier molecular flexibility index (Phi) is 7.97. The van der Waals surface area contributed by atoms with Crippen molar-refractivity contribution in [1.29, 1.82) is 0 Å². The van der Waals surface area contributed by atoms with Crippen molar-refractivity contribution in [3.05, 3.63) is 0 Å². The third-order valence-electron chi connectivity index (χ3n) is 3.30. The summed E-state index contributed by atoms with van der Waals surface area (Å²) in [6.45, 7) is 4.89. The van der Waals surface area contributed by atoms with Gasteiger partial charge in [0.05, 0.1) is 6.61 Å². The van der Waals surface area contributed by atoms with Crippen molar-refractivity contribution in [3.63, 3.8) is 0 Å². The van der Waals surface area contributed by atoms with E-state index in [1.165, 1.54) is 7.11 Å². The van der Waals surface area contributed by atoms with Gasteiger partial charge in [-0.25, -0.2) is 0 Å². The maximum atomic E-state index is 11.7. The Morgan fingerprint density at radius 2 is 1.35 bits per heavy atom. The molecular formula is C15H24O8. The predicted molar refractivity (Wildman–Crippen MR) is 77.3 cm³/mol. The Hall–Kier alpha value is -1.67. The van der Waals surface area contributed by atoms with Crippen LogP contribution in [0.5, 0.6) is 0 Å². The lowest BCUT2D eigenvalue weighted by Gasteiger charge is -2.40. The van der Waals surface area contributed by atoms with E-state index in [9.17, 15) is 14.4 Å². The number of hydrogen-bond donors (Lipinski definition) is 0. The van der Waals surface area contributed by atoms with Crippen LogP contribution in [0.4, 0.5) is 0 Å². The minimum Gasteiger partial charge on any atom is -0.456 e. The molecule has 0 radical (unpaired) electrons. The quantitative estimate of drug-likeness (QED) is 0.502. The number of carbonyl (C=O) groups excluding carboxylic acids is 3. The fourth-order valence-corrected chi connectivity index (χ4v) is 2.04. The Morgan fingerprint density at radius 3 is 1.83 bits per heavy atom. The van der Waals surface area contributed by atoms with E-state index < -0.39 is 42.5 Å². The number of methoxy groups -OCH3 is 1. The zero-order valence-corrected chi connectivity index (χ0v) is 13.9. The summed E-state index contributed by atoms with van der Waals surface area (Å²) in [5.41, 5.74) is 0. The summed E-state index contributed by atoms with van der Waals surface area (Å²) in [6.07, 6.45) is -3.31. The second-order valence-electron chi connectivity index (χ2n) is 4.94. The summed E-state index contributed by atoms with van der Waals surface area (Å²) in [6, 6.07) is 0. The third kappa shape index (κ3) is 5.47. The monoisotopic (exact) mass is 332 g/mol. The van der Waals surface area contributed by atoms with Crippen LogP contribution in [0.25, 0.3) is 0 Å². The van der Waals surface area contributed by atoms with Crippen LogP contribution in [0.2, 0.25) is 0 Å². The van der Waals surface area contributed by atoms with Gasteiger partial charge in [-0.3, -0.25) is 14.4 Å². The highest BCUT2D eigenvalue weighted by Gasteiger charge is 2.47. The number of ether oxygens (including phenoxy) is 5. The molecule has 0 spiro atoms. The van der Waals surface area contributed by atoms with Crippen molar-refractivity contribution in [1.82, 2.24) is 0 Å². The topological polar surface area (TPSA) is 97.4 Å². The molecule has 0 aromatic carbocycles. The Bertz CT molecular complexity index is 422. The summed E-state index contributed by atoms with van der Waals surface area (Å²) in [4.78, 5) is 34.9. The average Bonchev–Trinajstić information content (AvgIpc) is 2.56. The average molecular weight is 332 g/mol. The number of rotatable bonds is 7. The predicted octanol–water partition coefficient (Wildman–Crippen LogP) is 0.954. The summed E-state index contributed by atoms with van der Waals surface area (Å²) in [7, 11) is 1.38.